The fraction of sp³-hybridized carbons (Fsp3) is 0.300. The Morgan fingerprint density at radius 3 is 1.45 bits per heavy atom. The van der Waals surface area contributed by atoms with Crippen molar-refractivity contribution in [2.24, 2.45) is 0 Å². The van der Waals surface area contributed by atoms with Gasteiger partial charge in [-0.3, -0.25) is 0 Å². The maximum atomic E-state index is 4.02. The Morgan fingerprint density at radius 2 is 1.09 bits per heavy atom. The number of hydrogen-bond donors (Lipinski definition) is 2. The van der Waals surface area contributed by atoms with Crippen LogP contribution in [-0.2, 0) is 12.8 Å². The minimum Gasteiger partial charge on any atom is -0.372 e. The molecule has 0 unspecified atom stereocenters. The third kappa shape index (κ3) is 5.65. The molecule has 116 valence electrons. The van der Waals surface area contributed by atoms with Crippen LogP contribution >= 0.6 is 0 Å². The van der Waals surface area contributed by atoms with Crippen LogP contribution in [0.15, 0.2) is 60.9 Å². The predicted octanol–water partition coefficient (Wildman–Crippen LogP) is 3.74. The van der Waals surface area contributed by atoms with Gasteiger partial charge in [-0.15, -0.1) is 0 Å². The van der Waals surface area contributed by atoms with Crippen LogP contribution in [-0.4, -0.2) is 13.1 Å². The lowest BCUT2D eigenvalue weighted by atomic mass is 10.1. The summed E-state index contributed by atoms with van der Waals surface area (Å²) in [6.45, 7) is 10.1. The summed E-state index contributed by atoms with van der Waals surface area (Å²) < 4.78 is 0. The first kappa shape index (κ1) is 16.2. The van der Waals surface area contributed by atoms with Crippen molar-refractivity contribution in [3.8, 4) is 0 Å². The minimum absolute atomic E-state index is 0.902. The fourth-order valence-corrected chi connectivity index (χ4v) is 2.29. The van der Waals surface area contributed by atoms with E-state index in [-0.39, 0.29) is 0 Å². The van der Waals surface area contributed by atoms with E-state index >= 15 is 0 Å². The molecule has 2 rings (SSSR count). The summed E-state index contributed by atoms with van der Waals surface area (Å²) in [6, 6.07) is 17.4. The Morgan fingerprint density at radius 1 is 0.727 bits per heavy atom. The summed E-state index contributed by atoms with van der Waals surface area (Å²) in [7, 11) is 0. The van der Waals surface area contributed by atoms with Gasteiger partial charge >= 0.3 is 0 Å². The molecule has 0 saturated carbocycles. The van der Waals surface area contributed by atoms with Gasteiger partial charge in [0.05, 0.1) is 5.82 Å². The molecule has 0 fully saturated rings. The van der Waals surface area contributed by atoms with Crippen LogP contribution in [0, 0.1) is 13.8 Å². The second kappa shape index (κ2) is 8.28. The van der Waals surface area contributed by atoms with Crippen LogP contribution in [0.3, 0.4) is 0 Å². The second-order valence-electron chi connectivity index (χ2n) is 5.80. The first-order valence-electron chi connectivity index (χ1n) is 7.91. The standard InChI is InChI=1S/C20H26N2/c1-16-4-8-19(9-5-16)12-14-21-18(3)22-15-13-20-10-6-17(2)7-11-20/h4-11,21-22H,3,12-15H2,1-2H3. The molecular formula is C20H26N2. The van der Waals surface area contributed by atoms with Crippen LogP contribution in [0.4, 0.5) is 0 Å². The number of rotatable bonds is 8. The monoisotopic (exact) mass is 294 g/mol. The molecule has 2 aromatic carbocycles. The summed E-state index contributed by atoms with van der Waals surface area (Å²) in [5.41, 5.74) is 5.31. The van der Waals surface area contributed by atoms with Crippen molar-refractivity contribution in [2.75, 3.05) is 13.1 Å². The molecule has 2 aromatic rings. The molecule has 0 radical (unpaired) electrons. The number of benzene rings is 2. The minimum atomic E-state index is 0.902. The average molecular weight is 294 g/mol. The topological polar surface area (TPSA) is 24.1 Å². The lowest BCUT2D eigenvalue weighted by Crippen LogP contribution is -2.28. The molecule has 0 bridgehead atoms. The Bertz CT molecular complexity index is 529. The van der Waals surface area contributed by atoms with Crippen molar-refractivity contribution in [2.45, 2.75) is 26.7 Å². The molecule has 22 heavy (non-hydrogen) atoms. The Labute approximate surface area is 134 Å². The van der Waals surface area contributed by atoms with Crippen LogP contribution in [0.2, 0.25) is 0 Å². The molecule has 0 aliphatic heterocycles. The first-order valence-corrected chi connectivity index (χ1v) is 7.91. The van der Waals surface area contributed by atoms with E-state index in [9.17, 15) is 0 Å². The van der Waals surface area contributed by atoms with Crippen molar-refractivity contribution in [1.82, 2.24) is 10.6 Å². The Kier molecular flexibility index (Phi) is 6.08. The van der Waals surface area contributed by atoms with Crippen LogP contribution in [0.25, 0.3) is 0 Å². The van der Waals surface area contributed by atoms with Crippen molar-refractivity contribution in [3.63, 3.8) is 0 Å². The van der Waals surface area contributed by atoms with Gasteiger partial charge in [-0.1, -0.05) is 66.2 Å². The van der Waals surface area contributed by atoms with Gasteiger partial charge in [0.2, 0.25) is 0 Å². The molecule has 0 amide bonds. The molecule has 0 atom stereocenters. The Balaban J connectivity index is 1.61. The number of aryl methyl sites for hydroxylation is 2. The maximum Gasteiger partial charge on any atom is 0.0912 e. The van der Waals surface area contributed by atoms with Crippen LogP contribution in [0.1, 0.15) is 22.3 Å². The summed E-state index contributed by atoms with van der Waals surface area (Å²) in [5.74, 6) is 0.902. The summed E-state index contributed by atoms with van der Waals surface area (Å²) in [5, 5.41) is 6.67. The molecule has 2 heteroatoms. The largest absolute Gasteiger partial charge is 0.372 e. The lowest BCUT2D eigenvalue weighted by molar-refractivity contribution is 0.679. The zero-order valence-corrected chi connectivity index (χ0v) is 13.7. The number of nitrogens with one attached hydrogen (secondary N) is 2. The summed E-state index contributed by atoms with van der Waals surface area (Å²) in [4.78, 5) is 0. The SMILES string of the molecule is C=C(NCCc1ccc(C)cc1)NCCc1ccc(C)cc1. The van der Waals surface area contributed by atoms with E-state index in [0.717, 1.165) is 31.8 Å². The fourth-order valence-electron chi connectivity index (χ4n) is 2.29. The van der Waals surface area contributed by atoms with Gasteiger partial charge in [0.25, 0.3) is 0 Å². The third-order valence-corrected chi connectivity index (χ3v) is 3.75. The van der Waals surface area contributed by atoms with Crippen LogP contribution in [0.5, 0.6) is 0 Å². The van der Waals surface area contributed by atoms with Crippen molar-refractivity contribution in [3.05, 3.63) is 83.2 Å². The lowest BCUT2D eigenvalue weighted by Gasteiger charge is -2.12. The van der Waals surface area contributed by atoms with Gasteiger partial charge in [-0.2, -0.15) is 0 Å². The zero-order chi connectivity index (χ0) is 15.8. The van der Waals surface area contributed by atoms with Crippen molar-refractivity contribution in [1.29, 1.82) is 0 Å². The van der Waals surface area contributed by atoms with Gasteiger partial charge in [0.15, 0.2) is 0 Å². The summed E-state index contributed by atoms with van der Waals surface area (Å²) >= 11 is 0. The molecule has 0 aliphatic rings. The highest BCUT2D eigenvalue weighted by Gasteiger charge is 1.96. The van der Waals surface area contributed by atoms with E-state index in [4.69, 9.17) is 0 Å². The normalized spacial score (nSPS) is 10.3. The molecule has 0 aliphatic carbocycles. The van der Waals surface area contributed by atoms with Gasteiger partial charge < -0.3 is 10.6 Å². The Hall–Kier alpha value is -2.22. The molecule has 0 aromatic heterocycles. The van der Waals surface area contributed by atoms with E-state index in [1.807, 2.05) is 0 Å². The van der Waals surface area contributed by atoms with E-state index in [0.29, 0.717) is 0 Å². The van der Waals surface area contributed by atoms with Gasteiger partial charge in [0.1, 0.15) is 0 Å². The van der Waals surface area contributed by atoms with Gasteiger partial charge in [-0.05, 0) is 37.8 Å². The van der Waals surface area contributed by atoms with E-state index in [1.54, 1.807) is 0 Å². The van der Waals surface area contributed by atoms with Crippen molar-refractivity contribution < 1.29 is 0 Å². The highest BCUT2D eigenvalue weighted by molar-refractivity contribution is 5.22. The van der Waals surface area contributed by atoms with Gasteiger partial charge in [0, 0.05) is 13.1 Å². The maximum absolute atomic E-state index is 4.02. The van der Waals surface area contributed by atoms with E-state index in [2.05, 4.69) is 79.6 Å². The predicted molar refractivity (Wildman–Crippen MR) is 94.9 cm³/mol. The average Bonchev–Trinajstić information content (AvgIpc) is 2.51. The first-order chi connectivity index (χ1) is 10.6. The van der Waals surface area contributed by atoms with Gasteiger partial charge in [-0.25, -0.2) is 0 Å². The molecule has 0 spiro atoms. The third-order valence-electron chi connectivity index (χ3n) is 3.75. The quantitative estimate of drug-likeness (QED) is 0.775. The van der Waals surface area contributed by atoms with Crippen molar-refractivity contribution >= 4 is 0 Å². The van der Waals surface area contributed by atoms with E-state index < -0.39 is 0 Å². The van der Waals surface area contributed by atoms with E-state index in [1.165, 1.54) is 22.3 Å². The molecule has 2 nitrogen and oxygen atoms in total. The molecular weight excluding hydrogens is 268 g/mol. The molecule has 0 heterocycles. The highest BCUT2D eigenvalue weighted by atomic mass is 15.1. The summed E-state index contributed by atoms with van der Waals surface area (Å²) in [6.07, 6.45) is 2.03. The highest BCUT2D eigenvalue weighted by Crippen LogP contribution is 2.04. The molecule has 2 N–H and O–H groups in total. The second-order valence-corrected chi connectivity index (χ2v) is 5.80. The van der Waals surface area contributed by atoms with Crippen LogP contribution < -0.4 is 10.6 Å². The number of hydrogen-bond acceptors (Lipinski definition) is 2. The zero-order valence-electron chi connectivity index (χ0n) is 13.7. The molecule has 0 saturated heterocycles. The smallest absolute Gasteiger partial charge is 0.0912 e.